The van der Waals surface area contributed by atoms with Crippen LogP contribution in [0.4, 0.5) is 0 Å². The van der Waals surface area contributed by atoms with E-state index in [2.05, 4.69) is 25.9 Å². The van der Waals surface area contributed by atoms with Crippen LogP contribution in [0.3, 0.4) is 0 Å². The van der Waals surface area contributed by atoms with Crippen molar-refractivity contribution in [1.82, 2.24) is 0 Å². The smallest absolute Gasteiger partial charge is 0.168 e. The maximum absolute atomic E-state index is 8.60. The van der Waals surface area contributed by atoms with E-state index in [0.29, 0.717) is 5.02 Å². The molecule has 0 aliphatic heterocycles. The Hall–Kier alpha value is -0.843. The molecule has 0 fully saturated rings. The van der Waals surface area contributed by atoms with E-state index in [-0.39, 0.29) is 5.04 Å². The Balaban J connectivity index is 3.02. The van der Waals surface area contributed by atoms with Crippen LogP contribution in [0.2, 0.25) is 10.1 Å². The third-order valence-electron chi connectivity index (χ3n) is 2.71. The van der Waals surface area contributed by atoms with Crippen molar-refractivity contribution in [2.75, 3.05) is 0 Å². The van der Waals surface area contributed by atoms with Crippen LogP contribution >= 0.6 is 11.6 Å². The predicted molar refractivity (Wildman–Crippen MR) is 83.2 cm³/mol. The van der Waals surface area contributed by atoms with E-state index in [0.717, 1.165) is 11.1 Å². The number of benzene rings is 1. The van der Waals surface area contributed by atoms with Gasteiger partial charge in [0.15, 0.2) is 9.76 Å². The Bertz CT molecular complexity index is 467. The standard InChI is InChI=1S/C14H22ClNO2Si/c1-13(2,3)19-18-14(4,5)11-8-10(9-16-17)6-7-12(11)15/h6-9,17H,19H2,1-5H3. The van der Waals surface area contributed by atoms with Crippen molar-refractivity contribution < 1.29 is 9.63 Å². The van der Waals surface area contributed by atoms with Gasteiger partial charge in [-0.2, -0.15) is 0 Å². The van der Waals surface area contributed by atoms with Gasteiger partial charge in [-0.15, -0.1) is 0 Å². The van der Waals surface area contributed by atoms with Crippen LogP contribution in [0, 0.1) is 0 Å². The fourth-order valence-corrected chi connectivity index (χ4v) is 2.92. The fraction of sp³-hybridized carbons (Fsp3) is 0.500. The lowest BCUT2D eigenvalue weighted by Gasteiger charge is -2.31. The molecule has 0 saturated heterocycles. The van der Waals surface area contributed by atoms with E-state index in [9.17, 15) is 0 Å². The van der Waals surface area contributed by atoms with Crippen molar-refractivity contribution in [2.45, 2.75) is 45.3 Å². The lowest BCUT2D eigenvalue weighted by atomic mass is 9.96. The topological polar surface area (TPSA) is 41.8 Å². The molecular formula is C14H22ClNO2Si. The lowest BCUT2D eigenvalue weighted by Crippen LogP contribution is -2.28. The molecule has 0 amide bonds. The Morgan fingerprint density at radius 1 is 1.26 bits per heavy atom. The predicted octanol–water partition coefficient (Wildman–Crippen LogP) is 3.70. The van der Waals surface area contributed by atoms with E-state index in [1.807, 2.05) is 26.0 Å². The van der Waals surface area contributed by atoms with Gasteiger partial charge in [-0.05, 0) is 36.6 Å². The zero-order valence-corrected chi connectivity index (χ0v) is 14.4. The highest BCUT2D eigenvalue weighted by Gasteiger charge is 2.26. The Morgan fingerprint density at radius 2 is 1.89 bits per heavy atom. The van der Waals surface area contributed by atoms with Gasteiger partial charge in [-0.1, -0.05) is 43.6 Å². The zero-order chi connectivity index (χ0) is 14.7. The van der Waals surface area contributed by atoms with Gasteiger partial charge in [0.05, 0.1) is 11.8 Å². The molecule has 0 bridgehead atoms. The number of hydrogen-bond donors (Lipinski definition) is 1. The highest BCUT2D eigenvalue weighted by Crippen LogP contribution is 2.33. The second-order valence-electron chi connectivity index (χ2n) is 6.34. The van der Waals surface area contributed by atoms with Crippen LogP contribution < -0.4 is 0 Å². The van der Waals surface area contributed by atoms with E-state index < -0.39 is 15.4 Å². The monoisotopic (exact) mass is 299 g/mol. The van der Waals surface area contributed by atoms with Crippen molar-refractivity contribution >= 4 is 27.6 Å². The van der Waals surface area contributed by atoms with E-state index in [4.69, 9.17) is 21.2 Å². The van der Waals surface area contributed by atoms with Crippen LogP contribution in [0.25, 0.3) is 0 Å². The largest absolute Gasteiger partial charge is 0.414 e. The third kappa shape index (κ3) is 4.97. The molecule has 0 aliphatic carbocycles. The maximum atomic E-state index is 8.60. The third-order valence-corrected chi connectivity index (χ3v) is 4.77. The molecule has 0 aliphatic rings. The van der Waals surface area contributed by atoms with Gasteiger partial charge >= 0.3 is 0 Å². The van der Waals surface area contributed by atoms with Gasteiger partial charge in [0.2, 0.25) is 0 Å². The molecule has 0 heterocycles. The molecule has 1 aromatic rings. The minimum atomic E-state index is -0.680. The minimum Gasteiger partial charge on any atom is -0.414 e. The first-order chi connectivity index (χ1) is 8.65. The van der Waals surface area contributed by atoms with Crippen LogP contribution in [-0.4, -0.2) is 21.2 Å². The summed E-state index contributed by atoms with van der Waals surface area (Å²) >= 11 is 6.26. The lowest BCUT2D eigenvalue weighted by molar-refractivity contribution is 0.109. The number of hydrogen-bond acceptors (Lipinski definition) is 3. The molecular weight excluding hydrogens is 278 g/mol. The summed E-state index contributed by atoms with van der Waals surface area (Å²) in [5, 5.41) is 12.5. The van der Waals surface area contributed by atoms with Crippen molar-refractivity contribution in [3.63, 3.8) is 0 Å². The maximum Gasteiger partial charge on any atom is 0.168 e. The first-order valence-electron chi connectivity index (χ1n) is 6.27. The molecule has 1 aromatic carbocycles. The number of nitrogens with zero attached hydrogens (tertiary/aromatic N) is 1. The molecule has 5 heteroatoms. The summed E-state index contributed by atoms with van der Waals surface area (Å²) in [5.41, 5.74) is 1.29. The van der Waals surface area contributed by atoms with Crippen molar-refractivity contribution in [3.8, 4) is 0 Å². The van der Waals surface area contributed by atoms with Crippen LogP contribution in [0.15, 0.2) is 23.4 Å². The Morgan fingerprint density at radius 3 is 2.42 bits per heavy atom. The summed E-state index contributed by atoms with van der Waals surface area (Å²) in [7, 11) is -0.680. The first-order valence-corrected chi connectivity index (χ1v) is 7.93. The summed E-state index contributed by atoms with van der Waals surface area (Å²) in [4.78, 5) is 0. The highest BCUT2D eigenvalue weighted by molar-refractivity contribution is 6.32. The first kappa shape index (κ1) is 16.2. The normalized spacial score (nSPS) is 13.8. The molecule has 0 saturated carbocycles. The molecule has 0 atom stereocenters. The summed E-state index contributed by atoms with van der Waals surface area (Å²) < 4.78 is 6.14. The molecule has 0 spiro atoms. The zero-order valence-electron chi connectivity index (χ0n) is 12.2. The molecule has 1 N–H and O–H groups in total. The SMILES string of the molecule is CC(C)(C)[SiH2]OC(C)(C)c1cc(C=NO)ccc1Cl. The Labute approximate surface area is 122 Å². The van der Waals surface area contributed by atoms with Gasteiger partial charge in [-0.3, -0.25) is 0 Å². The molecule has 0 aromatic heterocycles. The minimum absolute atomic E-state index is 0.230. The average molecular weight is 300 g/mol. The van der Waals surface area contributed by atoms with Crippen LogP contribution in [-0.2, 0) is 10.0 Å². The highest BCUT2D eigenvalue weighted by atomic mass is 35.5. The quantitative estimate of drug-likeness (QED) is 0.399. The molecule has 106 valence electrons. The fourth-order valence-electron chi connectivity index (χ4n) is 1.63. The molecule has 0 unspecified atom stereocenters. The molecule has 0 radical (unpaired) electrons. The van der Waals surface area contributed by atoms with Gasteiger partial charge in [-0.25, -0.2) is 0 Å². The molecule has 3 nitrogen and oxygen atoms in total. The van der Waals surface area contributed by atoms with Crippen molar-refractivity contribution in [1.29, 1.82) is 0 Å². The Kier molecular flexibility index (Phi) is 5.18. The van der Waals surface area contributed by atoms with Gasteiger partial charge < -0.3 is 9.63 Å². The van der Waals surface area contributed by atoms with Crippen molar-refractivity contribution in [2.24, 2.45) is 5.16 Å². The van der Waals surface area contributed by atoms with Crippen molar-refractivity contribution in [3.05, 3.63) is 34.3 Å². The van der Waals surface area contributed by atoms with E-state index >= 15 is 0 Å². The molecule has 1 rings (SSSR count). The van der Waals surface area contributed by atoms with Gasteiger partial charge in [0.25, 0.3) is 0 Å². The van der Waals surface area contributed by atoms with Crippen LogP contribution in [0.5, 0.6) is 0 Å². The second kappa shape index (κ2) is 6.07. The number of halogens is 1. The van der Waals surface area contributed by atoms with E-state index in [1.165, 1.54) is 6.21 Å². The summed E-state index contributed by atoms with van der Waals surface area (Å²) in [6, 6.07) is 5.51. The van der Waals surface area contributed by atoms with E-state index in [1.54, 1.807) is 6.07 Å². The second-order valence-corrected chi connectivity index (χ2v) is 9.45. The summed E-state index contributed by atoms with van der Waals surface area (Å²) in [5.74, 6) is 0. The molecule has 19 heavy (non-hydrogen) atoms. The summed E-state index contributed by atoms with van der Waals surface area (Å²) in [6.45, 7) is 10.6. The summed E-state index contributed by atoms with van der Waals surface area (Å²) in [6.07, 6.45) is 1.39. The number of rotatable bonds is 4. The van der Waals surface area contributed by atoms with Gasteiger partial charge in [0, 0.05) is 10.6 Å². The average Bonchev–Trinajstić information content (AvgIpc) is 2.29. The number of oxime groups is 1. The van der Waals surface area contributed by atoms with Gasteiger partial charge in [0.1, 0.15) is 0 Å². The van der Waals surface area contributed by atoms with Crippen LogP contribution in [0.1, 0.15) is 45.7 Å².